The maximum Gasteiger partial charge on any atom is 0.255 e. The van der Waals surface area contributed by atoms with Gasteiger partial charge in [-0.15, -0.1) is 12.4 Å². The van der Waals surface area contributed by atoms with Gasteiger partial charge in [0, 0.05) is 16.2 Å². The van der Waals surface area contributed by atoms with E-state index in [1.54, 1.807) is 6.07 Å². The van der Waals surface area contributed by atoms with Crippen molar-refractivity contribution in [2.45, 2.75) is 19.4 Å². The van der Waals surface area contributed by atoms with Gasteiger partial charge in [0.1, 0.15) is 5.82 Å². The Balaban J connectivity index is 0.00000180. The number of likely N-dealkylation sites (tertiary alicyclic amines) is 1. The third-order valence-electron chi connectivity index (χ3n) is 3.42. The van der Waals surface area contributed by atoms with Crippen molar-refractivity contribution in [1.82, 2.24) is 4.90 Å². The van der Waals surface area contributed by atoms with Gasteiger partial charge >= 0.3 is 0 Å². The van der Waals surface area contributed by atoms with Gasteiger partial charge in [0.25, 0.3) is 5.91 Å². The summed E-state index contributed by atoms with van der Waals surface area (Å²) in [6.45, 7) is 3.34. The smallest absolute Gasteiger partial charge is 0.255 e. The number of amides is 1. The van der Waals surface area contributed by atoms with Crippen LogP contribution in [0.25, 0.3) is 0 Å². The summed E-state index contributed by atoms with van der Waals surface area (Å²) in [5.74, 6) is 0.0372. The summed E-state index contributed by atoms with van der Waals surface area (Å²) in [5, 5.41) is 0. The van der Waals surface area contributed by atoms with E-state index in [2.05, 4.69) is 0 Å². The molecule has 3 nitrogen and oxygen atoms in total. The quantitative estimate of drug-likeness (QED) is 0.779. The molecule has 1 aliphatic rings. The Morgan fingerprint density at radius 2 is 2.26 bits per heavy atom. The van der Waals surface area contributed by atoms with Crippen LogP contribution in [-0.4, -0.2) is 29.9 Å². The molecular formula is C13H17ClFIN2O. The second kappa shape index (κ2) is 6.85. The fourth-order valence-corrected chi connectivity index (χ4v) is 3.12. The first kappa shape index (κ1) is 16.7. The molecule has 2 unspecified atom stereocenters. The lowest BCUT2D eigenvalue weighted by Gasteiger charge is -2.22. The van der Waals surface area contributed by atoms with Crippen molar-refractivity contribution in [2.24, 2.45) is 11.7 Å². The first-order valence-corrected chi connectivity index (χ1v) is 7.07. The van der Waals surface area contributed by atoms with E-state index < -0.39 is 0 Å². The van der Waals surface area contributed by atoms with Crippen LogP contribution in [0.2, 0.25) is 0 Å². The van der Waals surface area contributed by atoms with Crippen LogP contribution in [0.15, 0.2) is 18.2 Å². The maximum absolute atomic E-state index is 13.0. The van der Waals surface area contributed by atoms with Crippen molar-refractivity contribution < 1.29 is 9.18 Å². The van der Waals surface area contributed by atoms with Gasteiger partial charge in [-0.2, -0.15) is 0 Å². The highest BCUT2D eigenvalue weighted by molar-refractivity contribution is 14.1. The van der Waals surface area contributed by atoms with Crippen LogP contribution in [0.5, 0.6) is 0 Å². The second-order valence-electron chi connectivity index (χ2n) is 4.77. The molecule has 1 aromatic rings. The predicted molar refractivity (Wildman–Crippen MR) is 84.0 cm³/mol. The fourth-order valence-electron chi connectivity index (χ4n) is 2.41. The number of nitrogens with two attached hydrogens (primary N) is 1. The molecule has 106 valence electrons. The lowest BCUT2D eigenvalue weighted by molar-refractivity contribution is 0.0742. The van der Waals surface area contributed by atoms with Crippen molar-refractivity contribution in [2.75, 3.05) is 13.1 Å². The molecule has 0 saturated carbocycles. The Labute approximate surface area is 132 Å². The SMILES string of the molecule is CC1CC(CN)CN1C(=O)c1ccc(F)cc1I.Cl. The summed E-state index contributed by atoms with van der Waals surface area (Å²) >= 11 is 2.00. The van der Waals surface area contributed by atoms with Gasteiger partial charge in [-0.05, 0) is 66.6 Å². The highest BCUT2D eigenvalue weighted by Crippen LogP contribution is 2.25. The first-order valence-electron chi connectivity index (χ1n) is 5.99. The number of benzene rings is 1. The highest BCUT2D eigenvalue weighted by atomic mass is 127. The minimum absolute atomic E-state index is 0. The molecule has 1 amide bonds. The van der Waals surface area contributed by atoms with Crippen LogP contribution in [0, 0.1) is 15.3 Å². The number of carbonyl (C=O) groups is 1. The summed E-state index contributed by atoms with van der Waals surface area (Å²) in [7, 11) is 0. The zero-order chi connectivity index (χ0) is 13.3. The van der Waals surface area contributed by atoms with Gasteiger partial charge in [0.2, 0.25) is 0 Å². The summed E-state index contributed by atoms with van der Waals surface area (Å²) in [6, 6.07) is 4.47. The molecule has 1 heterocycles. The van der Waals surface area contributed by atoms with Crippen LogP contribution in [0.4, 0.5) is 4.39 Å². The Morgan fingerprint density at radius 1 is 1.58 bits per heavy atom. The Kier molecular flexibility index (Phi) is 6.01. The molecule has 0 bridgehead atoms. The van der Waals surface area contributed by atoms with Gasteiger partial charge in [-0.25, -0.2) is 4.39 Å². The third kappa shape index (κ3) is 3.58. The van der Waals surface area contributed by atoms with Crippen molar-refractivity contribution in [3.05, 3.63) is 33.1 Å². The van der Waals surface area contributed by atoms with Gasteiger partial charge < -0.3 is 10.6 Å². The van der Waals surface area contributed by atoms with E-state index in [0.29, 0.717) is 28.1 Å². The molecule has 19 heavy (non-hydrogen) atoms. The van der Waals surface area contributed by atoms with E-state index in [9.17, 15) is 9.18 Å². The van der Waals surface area contributed by atoms with Crippen molar-refractivity contribution in [1.29, 1.82) is 0 Å². The van der Waals surface area contributed by atoms with Crippen LogP contribution in [0.3, 0.4) is 0 Å². The van der Waals surface area contributed by atoms with E-state index in [4.69, 9.17) is 5.73 Å². The van der Waals surface area contributed by atoms with Crippen LogP contribution in [-0.2, 0) is 0 Å². The molecule has 0 spiro atoms. The average molecular weight is 399 g/mol. The van der Waals surface area contributed by atoms with Crippen LogP contribution in [0.1, 0.15) is 23.7 Å². The number of hydrogen-bond acceptors (Lipinski definition) is 2. The molecule has 0 aromatic heterocycles. The molecule has 0 aliphatic carbocycles. The summed E-state index contributed by atoms with van der Waals surface area (Å²) in [6.07, 6.45) is 0.944. The Hall–Kier alpha value is -0.400. The third-order valence-corrected chi connectivity index (χ3v) is 4.31. The molecule has 2 rings (SSSR count). The minimum Gasteiger partial charge on any atom is -0.336 e. The van der Waals surface area contributed by atoms with Crippen molar-refractivity contribution in [3.63, 3.8) is 0 Å². The fraction of sp³-hybridized carbons (Fsp3) is 0.462. The second-order valence-corrected chi connectivity index (χ2v) is 5.93. The lowest BCUT2D eigenvalue weighted by Crippen LogP contribution is -2.34. The zero-order valence-corrected chi connectivity index (χ0v) is 13.6. The van der Waals surface area contributed by atoms with E-state index in [-0.39, 0.29) is 30.2 Å². The summed E-state index contributed by atoms with van der Waals surface area (Å²) in [5.41, 5.74) is 6.23. The summed E-state index contributed by atoms with van der Waals surface area (Å²) in [4.78, 5) is 14.2. The molecule has 6 heteroatoms. The van der Waals surface area contributed by atoms with Crippen molar-refractivity contribution >= 4 is 40.9 Å². The normalized spacial score (nSPS) is 22.2. The molecule has 2 N–H and O–H groups in total. The largest absolute Gasteiger partial charge is 0.336 e. The number of rotatable bonds is 2. The standard InChI is InChI=1S/C13H16FIN2O.ClH/c1-8-4-9(6-16)7-17(8)13(18)11-3-2-10(14)5-12(11)15;/h2-3,5,8-9H,4,6-7,16H2,1H3;1H. The van der Waals surface area contributed by atoms with E-state index in [0.717, 1.165) is 6.42 Å². The van der Waals surface area contributed by atoms with Crippen LogP contribution >= 0.6 is 35.0 Å². The average Bonchev–Trinajstić information content (AvgIpc) is 2.70. The van der Waals surface area contributed by atoms with E-state index >= 15 is 0 Å². The van der Waals surface area contributed by atoms with Crippen LogP contribution < -0.4 is 5.73 Å². The molecule has 1 aliphatic heterocycles. The predicted octanol–water partition coefficient (Wildman–Crippen LogP) is 2.66. The van der Waals surface area contributed by atoms with Gasteiger partial charge in [-0.3, -0.25) is 4.79 Å². The highest BCUT2D eigenvalue weighted by Gasteiger charge is 2.32. The molecule has 1 fully saturated rings. The van der Waals surface area contributed by atoms with Gasteiger partial charge in [-0.1, -0.05) is 0 Å². The van der Waals surface area contributed by atoms with Gasteiger partial charge in [0.15, 0.2) is 0 Å². The molecule has 1 saturated heterocycles. The number of hydrogen-bond donors (Lipinski definition) is 1. The van der Waals surface area contributed by atoms with Crippen molar-refractivity contribution in [3.8, 4) is 0 Å². The first-order chi connectivity index (χ1) is 8.52. The molecule has 1 aromatic carbocycles. The molecule has 2 atom stereocenters. The van der Waals surface area contributed by atoms with E-state index in [1.165, 1.54) is 12.1 Å². The number of carbonyl (C=O) groups excluding carboxylic acids is 1. The number of nitrogens with zero attached hydrogens (tertiary/aromatic N) is 1. The number of halogens is 3. The van der Waals surface area contributed by atoms with Gasteiger partial charge in [0.05, 0.1) is 5.56 Å². The maximum atomic E-state index is 13.0. The van der Waals surface area contributed by atoms with E-state index in [1.807, 2.05) is 34.4 Å². The molecule has 0 radical (unpaired) electrons. The lowest BCUT2D eigenvalue weighted by atomic mass is 10.1. The topological polar surface area (TPSA) is 46.3 Å². The molecular weight excluding hydrogens is 382 g/mol. The zero-order valence-electron chi connectivity index (χ0n) is 10.6. The minimum atomic E-state index is -0.315. The Morgan fingerprint density at radius 3 is 2.79 bits per heavy atom. The monoisotopic (exact) mass is 398 g/mol. The summed E-state index contributed by atoms with van der Waals surface area (Å²) < 4.78 is 13.7. The Bertz CT molecular complexity index is 472.